The van der Waals surface area contributed by atoms with Crippen LogP contribution in [0.5, 0.6) is 0 Å². The van der Waals surface area contributed by atoms with E-state index in [9.17, 15) is 9.59 Å². The fourth-order valence-corrected chi connectivity index (χ4v) is 3.09. The van der Waals surface area contributed by atoms with Gasteiger partial charge in [-0.1, -0.05) is 13.8 Å². The zero-order chi connectivity index (χ0) is 12.1. The molecule has 92 valence electrons. The van der Waals surface area contributed by atoms with Gasteiger partial charge in [-0.3, -0.25) is 4.79 Å². The number of rotatable bonds is 5. The van der Waals surface area contributed by atoms with E-state index >= 15 is 0 Å². The van der Waals surface area contributed by atoms with E-state index < -0.39 is 12.0 Å². The summed E-state index contributed by atoms with van der Waals surface area (Å²) in [6, 6.07) is -0.666. The Morgan fingerprint density at radius 2 is 2.19 bits per heavy atom. The predicted octanol–water partition coefficient (Wildman–Crippen LogP) is 0.361. The van der Waals surface area contributed by atoms with E-state index in [0.717, 1.165) is 6.42 Å². The highest BCUT2D eigenvalue weighted by molar-refractivity contribution is 8.00. The summed E-state index contributed by atoms with van der Waals surface area (Å²) in [5.41, 5.74) is 0. The van der Waals surface area contributed by atoms with Gasteiger partial charge in [0.15, 0.2) is 0 Å². The van der Waals surface area contributed by atoms with E-state index in [4.69, 9.17) is 5.11 Å². The number of thioether (sulfide) groups is 1. The van der Waals surface area contributed by atoms with Gasteiger partial charge in [-0.25, -0.2) is 4.79 Å². The van der Waals surface area contributed by atoms with Crippen molar-refractivity contribution in [2.75, 3.05) is 18.8 Å². The minimum atomic E-state index is -0.909. The van der Waals surface area contributed by atoms with Gasteiger partial charge in [-0.15, -0.1) is 11.8 Å². The quantitative estimate of drug-likeness (QED) is 0.733. The van der Waals surface area contributed by atoms with Crippen molar-refractivity contribution in [3.05, 3.63) is 0 Å². The van der Waals surface area contributed by atoms with Crippen LogP contribution in [-0.2, 0) is 9.59 Å². The maximum Gasteiger partial charge on any atom is 0.327 e. The van der Waals surface area contributed by atoms with Crippen LogP contribution in [0.4, 0.5) is 0 Å². The molecule has 0 saturated carbocycles. The molecule has 0 spiro atoms. The number of nitrogens with one attached hydrogen (secondary N) is 1. The number of aliphatic carboxylic acids is 1. The molecule has 2 unspecified atom stereocenters. The molecule has 0 aromatic rings. The average molecular weight is 246 g/mol. The Bertz CT molecular complexity index is 273. The van der Waals surface area contributed by atoms with Gasteiger partial charge in [-0.05, 0) is 13.0 Å². The number of hydrogen-bond donors (Lipinski definition) is 2. The summed E-state index contributed by atoms with van der Waals surface area (Å²) in [7, 11) is 0. The summed E-state index contributed by atoms with van der Waals surface area (Å²) in [4.78, 5) is 24.4. The Labute approximate surface area is 99.6 Å². The number of carboxylic acids is 1. The van der Waals surface area contributed by atoms with Crippen molar-refractivity contribution in [1.82, 2.24) is 10.2 Å². The van der Waals surface area contributed by atoms with E-state index in [2.05, 4.69) is 5.32 Å². The van der Waals surface area contributed by atoms with Crippen LogP contribution in [-0.4, -0.2) is 52.1 Å². The second-order valence-corrected chi connectivity index (χ2v) is 4.84. The van der Waals surface area contributed by atoms with Gasteiger partial charge in [-0.2, -0.15) is 0 Å². The maximum absolute atomic E-state index is 11.9. The Morgan fingerprint density at radius 3 is 2.69 bits per heavy atom. The normalized spacial score (nSPS) is 24.8. The van der Waals surface area contributed by atoms with Gasteiger partial charge in [0.25, 0.3) is 0 Å². The van der Waals surface area contributed by atoms with Gasteiger partial charge >= 0.3 is 5.97 Å². The number of nitrogens with zero attached hydrogens (tertiary/aromatic N) is 1. The SMILES string of the molecule is CCNCC(=O)N1C(CC)SCC1C(=O)O. The molecular weight excluding hydrogens is 228 g/mol. The van der Waals surface area contributed by atoms with Crippen LogP contribution in [0, 0.1) is 0 Å². The third-order valence-electron chi connectivity index (χ3n) is 2.54. The lowest BCUT2D eigenvalue weighted by Crippen LogP contribution is -2.48. The molecule has 0 aliphatic carbocycles. The number of amides is 1. The van der Waals surface area contributed by atoms with Crippen LogP contribution >= 0.6 is 11.8 Å². The van der Waals surface area contributed by atoms with Gasteiger partial charge < -0.3 is 15.3 Å². The van der Waals surface area contributed by atoms with Crippen LogP contribution < -0.4 is 5.32 Å². The molecule has 0 bridgehead atoms. The number of carboxylic acid groups (broad SMARTS) is 1. The summed E-state index contributed by atoms with van der Waals surface area (Å²) >= 11 is 1.55. The van der Waals surface area contributed by atoms with Crippen LogP contribution in [0.1, 0.15) is 20.3 Å². The second-order valence-electron chi connectivity index (χ2n) is 3.63. The maximum atomic E-state index is 11.9. The Morgan fingerprint density at radius 1 is 1.50 bits per heavy atom. The Balaban J connectivity index is 2.69. The molecule has 1 saturated heterocycles. The summed E-state index contributed by atoms with van der Waals surface area (Å²) in [5.74, 6) is -0.537. The third-order valence-corrected chi connectivity index (χ3v) is 3.99. The van der Waals surface area contributed by atoms with E-state index in [-0.39, 0.29) is 17.8 Å². The lowest BCUT2D eigenvalue weighted by molar-refractivity contribution is -0.148. The smallest absolute Gasteiger partial charge is 0.327 e. The largest absolute Gasteiger partial charge is 0.480 e. The molecule has 1 fully saturated rings. The zero-order valence-corrected chi connectivity index (χ0v) is 10.4. The van der Waals surface area contributed by atoms with Crippen LogP contribution in [0.25, 0.3) is 0 Å². The molecular formula is C10H18N2O3S. The first-order valence-corrected chi connectivity index (χ1v) is 6.53. The Kier molecular flexibility index (Phi) is 5.08. The standard InChI is InChI=1S/C10H18N2O3S/c1-3-9-12(8(13)5-11-4-2)7(6-16-9)10(14)15/h7,9,11H,3-6H2,1-2H3,(H,14,15). The predicted molar refractivity (Wildman–Crippen MR) is 63.4 cm³/mol. The Hall–Kier alpha value is -0.750. The van der Waals surface area contributed by atoms with Crippen molar-refractivity contribution in [2.45, 2.75) is 31.7 Å². The molecule has 1 aliphatic heterocycles. The summed E-state index contributed by atoms with van der Waals surface area (Å²) in [6.45, 7) is 4.81. The lowest BCUT2D eigenvalue weighted by Gasteiger charge is -2.26. The van der Waals surface area contributed by atoms with Crippen molar-refractivity contribution in [2.24, 2.45) is 0 Å². The minimum absolute atomic E-state index is 0.00672. The van der Waals surface area contributed by atoms with Gasteiger partial charge in [0.05, 0.1) is 11.9 Å². The van der Waals surface area contributed by atoms with Crippen molar-refractivity contribution in [3.8, 4) is 0 Å². The number of hydrogen-bond acceptors (Lipinski definition) is 4. The highest BCUT2D eigenvalue weighted by Crippen LogP contribution is 2.31. The first kappa shape index (κ1) is 13.3. The van der Waals surface area contributed by atoms with Crippen molar-refractivity contribution >= 4 is 23.6 Å². The van der Waals surface area contributed by atoms with Crippen LogP contribution in [0.15, 0.2) is 0 Å². The fourth-order valence-electron chi connectivity index (χ4n) is 1.73. The molecule has 0 radical (unpaired) electrons. The van der Waals surface area contributed by atoms with Crippen LogP contribution in [0.3, 0.4) is 0 Å². The molecule has 5 nitrogen and oxygen atoms in total. The molecule has 6 heteroatoms. The van der Waals surface area contributed by atoms with Crippen molar-refractivity contribution in [1.29, 1.82) is 0 Å². The van der Waals surface area contributed by atoms with E-state index in [1.54, 1.807) is 11.8 Å². The summed E-state index contributed by atoms with van der Waals surface area (Å²) in [6.07, 6.45) is 0.784. The number of carbonyl (C=O) groups is 2. The first-order chi connectivity index (χ1) is 7.61. The van der Waals surface area contributed by atoms with E-state index in [1.807, 2.05) is 13.8 Å². The van der Waals surface area contributed by atoms with Crippen LogP contribution in [0.2, 0.25) is 0 Å². The molecule has 0 aromatic carbocycles. The third kappa shape index (κ3) is 2.89. The van der Waals surface area contributed by atoms with E-state index in [0.29, 0.717) is 12.3 Å². The molecule has 1 amide bonds. The van der Waals surface area contributed by atoms with Gasteiger partial charge in [0, 0.05) is 5.75 Å². The fraction of sp³-hybridized carbons (Fsp3) is 0.800. The second kappa shape index (κ2) is 6.10. The van der Waals surface area contributed by atoms with Gasteiger partial charge in [0.1, 0.15) is 6.04 Å². The van der Waals surface area contributed by atoms with Gasteiger partial charge in [0.2, 0.25) is 5.91 Å². The molecule has 0 aromatic heterocycles. The highest BCUT2D eigenvalue weighted by atomic mass is 32.2. The molecule has 2 N–H and O–H groups in total. The number of likely N-dealkylation sites (N-methyl/N-ethyl adjacent to an activating group) is 1. The molecule has 1 aliphatic rings. The summed E-state index contributed by atoms with van der Waals surface area (Å²) in [5, 5.41) is 12.0. The van der Waals surface area contributed by atoms with Crippen molar-refractivity contribution in [3.63, 3.8) is 0 Å². The highest BCUT2D eigenvalue weighted by Gasteiger charge is 2.40. The number of carbonyl (C=O) groups excluding carboxylic acids is 1. The zero-order valence-electron chi connectivity index (χ0n) is 9.60. The van der Waals surface area contributed by atoms with Crippen molar-refractivity contribution < 1.29 is 14.7 Å². The monoisotopic (exact) mass is 246 g/mol. The molecule has 1 rings (SSSR count). The lowest BCUT2D eigenvalue weighted by atomic mass is 10.2. The van der Waals surface area contributed by atoms with E-state index in [1.165, 1.54) is 4.90 Å². The molecule has 1 heterocycles. The minimum Gasteiger partial charge on any atom is -0.480 e. The molecule has 2 atom stereocenters. The summed E-state index contributed by atoms with van der Waals surface area (Å²) < 4.78 is 0. The average Bonchev–Trinajstić information content (AvgIpc) is 2.69. The topological polar surface area (TPSA) is 69.6 Å². The first-order valence-electron chi connectivity index (χ1n) is 5.48. The molecule has 16 heavy (non-hydrogen) atoms.